The van der Waals surface area contributed by atoms with E-state index in [1.54, 1.807) is 6.20 Å². The lowest BCUT2D eigenvalue weighted by molar-refractivity contribution is 0.585. The lowest BCUT2D eigenvalue weighted by Crippen LogP contribution is -2.43. The molecule has 0 spiro atoms. The third-order valence-electron chi connectivity index (χ3n) is 2.69. The zero-order valence-corrected chi connectivity index (χ0v) is 8.43. The molecule has 0 atom stereocenters. The maximum atomic E-state index is 4.51. The molecular weight excluding hydrogens is 190 g/mol. The SMILES string of the molecule is c1cn2ccc(N3CCNCC3)nc2n1. The zero-order valence-electron chi connectivity index (χ0n) is 8.43. The first kappa shape index (κ1) is 8.67. The highest BCUT2D eigenvalue weighted by atomic mass is 15.2. The van der Waals surface area contributed by atoms with Crippen LogP contribution in [0.5, 0.6) is 0 Å². The second-order valence-corrected chi connectivity index (χ2v) is 3.66. The summed E-state index contributed by atoms with van der Waals surface area (Å²) in [6.07, 6.45) is 5.68. The van der Waals surface area contributed by atoms with Crippen molar-refractivity contribution in [1.82, 2.24) is 19.7 Å². The van der Waals surface area contributed by atoms with E-state index >= 15 is 0 Å². The van der Waals surface area contributed by atoms with Crippen LogP contribution in [0, 0.1) is 0 Å². The Hall–Kier alpha value is -1.62. The van der Waals surface area contributed by atoms with Gasteiger partial charge in [-0.05, 0) is 6.07 Å². The molecule has 5 heteroatoms. The Morgan fingerprint density at radius 1 is 1.20 bits per heavy atom. The largest absolute Gasteiger partial charge is 0.354 e. The van der Waals surface area contributed by atoms with Gasteiger partial charge in [0.2, 0.25) is 5.78 Å². The summed E-state index contributed by atoms with van der Waals surface area (Å²) >= 11 is 0. The van der Waals surface area contributed by atoms with Gasteiger partial charge in [0.1, 0.15) is 5.82 Å². The first-order valence-corrected chi connectivity index (χ1v) is 5.19. The number of fused-ring (bicyclic) bond motifs is 1. The van der Waals surface area contributed by atoms with Gasteiger partial charge in [0.15, 0.2) is 0 Å². The molecule has 78 valence electrons. The van der Waals surface area contributed by atoms with Gasteiger partial charge in [-0.15, -0.1) is 0 Å². The number of hydrogen-bond acceptors (Lipinski definition) is 4. The molecule has 3 heterocycles. The van der Waals surface area contributed by atoms with E-state index in [-0.39, 0.29) is 0 Å². The van der Waals surface area contributed by atoms with E-state index in [1.165, 1.54) is 0 Å². The van der Waals surface area contributed by atoms with Gasteiger partial charge in [-0.25, -0.2) is 4.98 Å². The monoisotopic (exact) mass is 203 g/mol. The topological polar surface area (TPSA) is 45.5 Å². The van der Waals surface area contributed by atoms with E-state index in [1.807, 2.05) is 22.9 Å². The quantitative estimate of drug-likeness (QED) is 0.716. The van der Waals surface area contributed by atoms with Crippen molar-refractivity contribution in [3.8, 4) is 0 Å². The fraction of sp³-hybridized carbons (Fsp3) is 0.400. The Morgan fingerprint density at radius 3 is 2.93 bits per heavy atom. The fourth-order valence-corrected chi connectivity index (χ4v) is 1.86. The predicted molar refractivity (Wildman–Crippen MR) is 58.1 cm³/mol. The van der Waals surface area contributed by atoms with Crippen LogP contribution in [0.2, 0.25) is 0 Å². The molecule has 1 aliphatic heterocycles. The molecule has 0 aliphatic carbocycles. The van der Waals surface area contributed by atoms with Crippen LogP contribution in [-0.2, 0) is 0 Å². The van der Waals surface area contributed by atoms with E-state index in [9.17, 15) is 0 Å². The van der Waals surface area contributed by atoms with Gasteiger partial charge in [0.25, 0.3) is 0 Å². The third-order valence-corrected chi connectivity index (χ3v) is 2.69. The summed E-state index contributed by atoms with van der Waals surface area (Å²) < 4.78 is 1.92. The van der Waals surface area contributed by atoms with Crippen molar-refractivity contribution in [3.63, 3.8) is 0 Å². The zero-order chi connectivity index (χ0) is 10.1. The van der Waals surface area contributed by atoms with Gasteiger partial charge in [-0.2, -0.15) is 4.98 Å². The predicted octanol–water partition coefficient (Wildman–Crippen LogP) is 0.139. The van der Waals surface area contributed by atoms with Gasteiger partial charge < -0.3 is 10.2 Å². The Balaban J connectivity index is 1.95. The molecule has 0 unspecified atom stereocenters. The Morgan fingerprint density at radius 2 is 2.07 bits per heavy atom. The number of aromatic nitrogens is 3. The lowest BCUT2D eigenvalue weighted by atomic mass is 10.3. The molecule has 2 aromatic rings. The maximum Gasteiger partial charge on any atom is 0.235 e. The van der Waals surface area contributed by atoms with Gasteiger partial charge in [0, 0.05) is 44.8 Å². The second-order valence-electron chi connectivity index (χ2n) is 3.66. The third kappa shape index (κ3) is 1.55. The molecule has 15 heavy (non-hydrogen) atoms. The van der Waals surface area contributed by atoms with Crippen molar-refractivity contribution < 1.29 is 0 Å². The highest BCUT2D eigenvalue weighted by Crippen LogP contribution is 2.11. The smallest absolute Gasteiger partial charge is 0.235 e. The van der Waals surface area contributed by atoms with Crippen molar-refractivity contribution in [1.29, 1.82) is 0 Å². The van der Waals surface area contributed by atoms with E-state index in [0.29, 0.717) is 0 Å². The number of rotatable bonds is 1. The minimum absolute atomic E-state index is 0.769. The second kappa shape index (κ2) is 3.51. The Kier molecular flexibility index (Phi) is 2.03. The molecule has 0 amide bonds. The summed E-state index contributed by atoms with van der Waals surface area (Å²) in [4.78, 5) is 11.0. The molecule has 0 saturated carbocycles. The highest BCUT2D eigenvalue weighted by molar-refractivity contribution is 5.44. The van der Waals surface area contributed by atoms with E-state index < -0.39 is 0 Å². The normalized spacial score (nSPS) is 17.2. The Bertz CT molecular complexity index is 458. The minimum Gasteiger partial charge on any atom is -0.354 e. The summed E-state index contributed by atoms with van der Waals surface area (Å²) in [5.74, 6) is 1.79. The molecule has 1 fully saturated rings. The van der Waals surface area contributed by atoms with Crippen molar-refractivity contribution in [2.45, 2.75) is 0 Å². The van der Waals surface area contributed by atoms with Crippen LogP contribution in [0.4, 0.5) is 5.82 Å². The van der Waals surface area contributed by atoms with Gasteiger partial charge in [-0.1, -0.05) is 0 Å². The van der Waals surface area contributed by atoms with Crippen LogP contribution in [-0.4, -0.2) is 40.5 Å². The van der Waals surface area contributed by atoms with Crippen LogP contribution in [0.3, 0.4) is 0 Å². The summed E-state index contributed by atoms with van der Waals surface area (Å²) in [6, 6.07) is 2.04. The number of nitrogens with zero attached hydrogens (tertiary/aromatic N) is 4. The molecular formula is C10H13N5. The van der Waals surface area contributed by atoms with Crippen molar-refractivity contribution in [2.75, 3.05) is 31.1 Å². The average Bonchev–Trinajstić information content (AvgIpc) is 2.77. The van der Waals surface area contributed by atoms with Crippen molar-refractivity contribution in [2.24, 2.45) is 0 Å². The molecule has 0 radical (unpaired) electrons. The summed E-state index contributed by atoms with van der Waals surface area (Å²) in [5.41, 5.74) is 0. The summed E-state index contributed by atoms with van der Waals surface area (Å²) in [6.45, 7) is 4.09. The average molecular weight is 203 g/mol. The molecule has 1 aliphatic rings. The summed E-state index contributed by atoms with van der Waals surface area (Å²) in [7, 11) is 0. The number of hydrogen-bond donors (Lipinski definition) is 1. The van der Waals surface area contributed by atoms with E-state index in [2.05, 4.69) is 20.2 Å². The minimum atomic E-state index is 0.769. The van der Waals surface area contributed by atoms with Crippen LogP contribution < -0.4 is 10.2 Å². The van der Waals surface area contributed by atoms with Crippen molar-refractivity contribution >= 4 is 11.6 Å². The molecule has 0 bridgehead atoms. The Labute approximate surface area is 87.8 Å². The molecule has 3 rings (SSSR count). The fourth-order valence-electron chi connectivity index (χ4n) is 1.86. The standard InChI is InChI=1S/C10H13N5/c1-5-15-8-4-12-10(15)13-9(1)14-6-2-11-3-7-14/h1,4-5,8,11H,2-3,6-7H2. The van der Waals surface area contributed by atoms with Crippen LogP contribution in [0.15, 0.2) is 24.7 Å². The van der Waals surface area contributed by atoms with Crippen LogP contribution >= 0.6 is 0 Å². The first-order valence-electron chi connectivity index (χ1n) is 5.19. The molecule has 1 N–H and O–H groups in total. The molecule has 0 aromatic carbocycles. The molecule has 5 nitrogen and oxygen atoms in total. The number of piperazine rings is 1. The van der Waals surface area contributed by atoms with Crippen molar-refractivity contribution in [3.05, 3.63) is 24.7 Å². The van der Waals surface area contributed by atoms with E-state index in [0.717, 1.165) is 37.8 Å². The number of anilines is 1. The molecule has 2 aromatic heterocycles. The lowest BCUT2D eigenvalue weighted by Gasteiger charge is -2.28. The molecule has 1 saturated heterocycles. The summed E-state index contributed by atoms with van der Waals surface area (Å²) in [5, 5.41) is 3.33. The highest BCUT2D eigenvalue weighted by Gasteiger charge is 2.11. The van der Waals surface area contributed by atoms with Crippen LogP contribution in [0.1, 0.15) is 0 Å². The number of imidazole rings is 1. The van der Waals surface area contributed by atoms with Gasteiger partial charge in [0.05, 0.1) is 0 Å². The maximum absolute atomic E-state index is 4.51. The van der Waals surface area contributed by atoms with E-state index in [4.69, 9.17) is 0 Å². The van der Waals surface area contributed by atoms with Gasteiger partial charge >= 0.3 is 0 Å². The first-order chi connectivity index (χ1) is 7.43. The van der Waals surface area contributed by atoms with Crippen LogP contribution in [0.25, 0.3) is 5.78 Å². The number of nitrogens with one attached hydrogen (secondary N) is 1. The van der Waals surface area contributed by atoms with Gasteiger partial charge in [-0.3, -0.25) is 4.40 Å².